The Bertz CT molecular complexity index is 555. The van der Waals surface area contributed by atoms with E-state index in [1.807, 2.05) is 31.2 Å². The van der Waals surface area contributed by atoms with Gasteiger partial charge in [0.2, 0.25) is 0 Å². The molecule has 1 unspecified atom stereocenters. The SMILES string of the molecule is C/C=C/COc1cc(C)c(OC2CCCC/C2=N\OC)c(C)c1. The molecule has 1 aromatic rings. The molecule has 1 aliphatic rings. The van der Waals surface area contributed by atoms with E-state index in [2.05, 4.69) is 19.0 Å². The summed E-state index contributed by atoms with van der Waals surface area (Å²) in [5, 5.41) is 4.15. The van der Waals surface area contributed by atoms with Gasteiger partial charge in [0, 0.05) is 0 Å². The molecule has 0 saturated heterocycles. The quantitative estimate of drug-likeness (QED) is 0.569. The van der Waals surface area contributed by atoms with Crippen molar-refractivity contribution in [2.24, 2.45) is 5.16 Å². The van der Waals surface area contributed by atoms with Crippen LogP contribution in [0.3, 0.4) is 0 Å². The predicted octanol–water partition coefficient (Wildman–Crippen LogP) is 4.58. The molecule has 1 saturated carbocycles. The number of hydrogen-bond acceptors (Lipinski definition) is 4. The first-order chi connectivity index (χ1) is 11.2. The van der Waals surface area contributed by atoms with Crippen LogP contribution in [-0.4, -0.2) is 25.5 Å². The third-order valence-electron chi connectivity index (χ3n) is 4.01. The lowest BCUT2D eigenvalue weighted by molar-refractivity contribution is 0.190. The van der Waals surface area contributed by atoms with Crippen LogP contribution in [-0.2, 0) is 4.84 Å². The number of allylic oxidation sites excluding steroid dienone is 1. The average Bonchev–Trinajstić information content (AvgIpc) is 2.53. The van der Waals surface area contributed by atoms with E-state index in [0.29, 0.717) is 6.61 Å². The molecule has 126 valence electrons. The molecule has 1 aromatic carbocycles. The van der Waals surface area contributed by atoms with Gasteiger partial charge in [0.15, 0.2) is 0 Å². The molecule has 4 nitrogen and oxygen atoms in total. The predicted molar refractivity (Wildman–Crippen MR) is 93.6 cm³/mol. The maximum Gasteiger partial charge on any atom is 0.140 e. The maximum absolute atomic E-state index is 6.28. The Morgan fingerprint density at radius 1 is 1.22 bits per heavy atom. The normalized spacial score (nSPS) is 20.0. The van der Waals surface area contributed by atoms with Crippen molar-refractivity contribution in [2.75, 3.05) is 13.7 Å². The highest BCUT2D eigenvalue weighted by Gasteiger charge is 2.24. The standard InChI is InChI=1S/C19H27NO3/c1-5-6-11-22-16-12-14(2)19(15(3)13-16)23-18-10-8-7-9-17(18)20-21-4/h5-6,12-13,18H,7-11H2,1-4H3/b6-5+,20-17+. The van der Waals surface area contributed by atoms with Gasteiger partial charge in [-0.25, -0.2) is 0 Å². The molecule has 1 fully saturated rings. The monoisotopic (exact) mass is 317 g/mol. The Labute approximate surface area is 139 Å². The molecule has 0 heterocycles. The number of rotatable bonds is 6. The van der Waals surface area contributed by atoms with Crippen molar-refractivity contribution in [1.82, 2.24) is 0 Å². The Kier molecular flexibility index (Phi) is 6.51. The van der Waals surface area contributed by atoms with E-state index in [1.54, 1.807) is 7.11 Å². The second kappa shape index (κ2) is 8.61. The fourth-order valence-corrected chi connectivity index (χ4v) is 2.87. The van der Waals surface area contributed by atoms with Crippen LogP contribution < -0.4 is 9.47 Å². The molecule has 2 rings (SSSR count). The molecule has 0 spiro atoms. The van der Waals surface area contributed by atoms with Crippen LogP contribution in [0.2, 0.25) is 0 Å². The molecule has 0 amide bonds. The van der Waals surface area contributed by atoms with Crippen molar-refractivity contribution < 1.29 is 14.3 Å². The molecular formula is C19H27NO3. The molecule has 0 N–H and O–H groups in total. The molecule has 4 heteroatoms. The van der Waals surface area contributed by atoms with Crippen molar-refractivity contribution in [3.05, 3.63) is 35.4 Å². The summed E-state index contributed by atoms with van der Waals surface area (Å²) in [6, 6.07) is 4.06. The molecule has 0 aromatic heterocycles. The summed E-state index contributed by atoms with van der Waals surface area (Å²) in [7, 11) is 1.59. The fraction of sp³-hybridized carbons (Fsp3) is 0.526. The lowest BCUT2D eigenvalue weighted by atomic mass is 9.95. The van der Waals surface area contributed by atoms with Gasteiger partial charge in [-0.1, -0.05) is 17.3 Å². The van der Waals surface area contributed by atoms with Gasteiger partial charge in [0.25, 0.3) is 0 Å². The topological polar surface area (TPSA) is 40.0 Å². The van der Waals surface area contributed by atoms with Gasteiger partial charge in [0.05, 0.1) is 5.71 Å². The summed E-state index contributed by atoms with van der Waals surface area (Å²) in [6.07, 6.45) is 8.23. The summed E-state index contributed by atoms with van der Waals surface area (Å²) in [6.45, 7) is 6.69. The Morgan fingerprint density at radius 3 is 2.61 bits per heavy atom. The van der Waals surface area contributed by atoms with Gasteiger partial charge in [-0.2, -0.15) is 0 Å². The molecule has 1 aliphatic carbocycles. The van der Waals surface area contributed by atoms with Crippen LogP contribution in [0, 0.1) is 13.8 Å². The zero-order valence-electron chi connectivity index (χ0n) is 14.6. The van der Waals surface area contributed by atoms with E-state index >= 15 is 0 Å². The van der Waals surface area contributed by atoms with Crippen molar-refractivity contribution >= 4 is 5.71 Å². The van der Waals surface area contributed by atoms with Crippen LogP contribution in [0.4, 0.5) is 0 Å². The minimum Gasteiger partial charge on any atom is -0.490 e. The van der Waals surface area contributed by atoms with Crippen LogP contribution >= 0.6 is 0 Å². The lowest BCUT2D eigenvalue weighted by Crippen LogP contribution is -2.31. The third-order valence-corrected chi connectivity index (χ3v) is 4.01. The van der Waals surface area contributed by atoms with Crippen LogP contribution in [0.1, 0.15) is 43.7 Å². The van der Waals surface area contributed by atoms with Gasteiger partial charge in [-0.05, 0) is 69.7 Å². The van der Waals surface area contributed by atoms with Crippen LogP contribution in [0.15, 0.2) is 29.4 Å². The van der Waals surface area contributed by atoms with Crippen molar-refractivity contribution in [2.45, 2.75) is 52.6 Å². The highest BCUT2D eigenvalue weighted by Crippen LogP contribution is 2.31. The van der Waals surface area contributed by atoms with Gasteiger partial charge in [0.1, 0.15) is 31.3 Å². The Hall–Kier alpha value is -1.97. The van der Waals surface area contributed by atoms with Gasteiger partial charge >= 0.3 is 0 Å². The first-order valence-corrected chi connectivity index (χ1v) is 8.27. The molecule has 1 atom stereocenters. The van der Waals surface area contributed by atoms with Gasteiger partial charge < -0.3 is 14.3 Å². The number of benzene rings is 1. The van der Waals surface area contributed by atoms with E-state index in [9.17, 15) is 0 Å². The van der Waals surface area contributed by atoms with E-state index < -0.39 is 0 Å². The summed E-state index contributed by atoms with van der Waals surface area (Å²) in [4.78, 5) is 4.97. The summed E-state index contributed by atoms with van der Waals surface area (Å²) < 4.78 is 12.0. The van der Waals surface area contributed by atoms with Gasteiger partial charge in [-0.3, -0.25) is 0 Å². The van der Waals surface area contributed by atoms with Gasteiger partial charge in [-0.15, -0.1) is 0 Å². The van der Waals surface area contributed by atoms with E-state index in [4.69, 9.17) is 14.3 Å². The average molecular weight is 317 g/mol. The maximum atomic E-state index is 6.28. The minimum atomic E-state index is 0.0101. The highest BCUT2D eigenvalue weighted by molar-refractivity contribution is 5.89. The molecule has 23 heavy (non-hydrogen) atoms. The van der Waals surface area contributed by atoms with E-state index in [-0.39, 0.29) is 6.10 Å². The Morgan fingerprint density at radius 2 is 1.96 bits per heavy atom. The molecule has 0 radical (unpaired) electrons. The summed E-state index contributed by atoms with van der Waals surface area (Å²) in [5.74, 6) is 1.80. The Balaban J connectivity index is 2.14. The smallest absolute Gasteiger partial charge is 0.140 e. The second-order valence-electron chi connectivity index (χ2n) is 5.88. The van der Waals surface area contributed by atoms with Crippen molar-refractivity contribution in [3.63, 3.8) is 0 Å². The number of ether oxygens (including phenoxy) is 2. The first kappa shape index (κ1) is 17.4. The zero-order valence-corrected chi connectivity index (χ0v) is 14.6. The zero-order chi connectivity index (χ0) is 16.7. The highest BCUT2D eigenvalue weighted by atomic mass is 16.6. The van der Waals surface area contributed by atoms with Crippen LogP contribution in [0.5, 0.6) is 11.5 Å². The first-order valence-electron chi connectivity index (χ1n) is 8.27. The number of aryl methyl sites for hydroxylation is 2. The molecular weight excluding hydrogens is 290 g/mol. The lowest BCUT2D eigenvalue weighted by Gasteiger charge is -2.26. The minimum absolute atomic E-state index is 0.0101. The number of nitrogens with zero attached hydrogens (tertiary/aromatic N) is 1. The summed E-state index contributed by atoms with van der Waals surface area (Å²) >= 11 is 0. The van der Waals surface area contributed by atoms with Crippen molar-refractivity contribution in [1.29, 1.82) is 0 Å². The largest absolute Gasteiger partial charge is 0.490 e. The molecule has 0 bridgehead atoms. The molecule has 0 aliphatic heterocycles. The third kappa shape index (κ3) is 4.75. The number of hydrogen-bond donors (Lipinski definition) is 0. The van der Waals surface area contributed by atoms with Crippen molar-refractivity contribution in [3.8, 4) is 11.5 Å². The van der Waals surface area contributed by atoms with E-state index in [1.165, 1.54) is 0 Å². The second-order valence-corrected chi connectivity index (χ2v) is 5.88. The van der Waals surface area contributed by atoms with Crippen LogP contribution in [0.25, 0.3) is 0 Å². The summed E-state index contributed by atoms with van der Waals surface area (Å²) in [5.41, 5.74) is 3.18. The fourth-order valence-electron chi connectivity index (χ4n) is 2.87. The number of oxime groups is 1. The van der Waals surface area contributed by atoms with E-state index in [0.717, 1.165) is 54.0 Å².